The molecule has 212 valence electrons. The number of hydrogen-bond acceptors (Lipinski definition) is 6. The molecule has 1 saturated heterocycles. The second-order valence-electron chi connectivity index (χ2n) is 9.71. The van der Waals surface area contributed by atoms with Crippen LogP contribution >= 0.6 is 0 Å². The zero-order chi connectivity index (χ0) is 27.7. The first-order valence-corrected chi connectivity index (χ1v) is 14.2. The summed E-state index contributed by atoms with van der Waals surface area (Å²) in [7, 11) is 0. The molecule has 0 aliphatic carbocycles. The van der Waals surface area contributed by atoms with Gasteiger partial charge in [-0.15, -0.1) is 0 Å². The van der Waals surface area contributed by atoms with Crippen molar-refractivity contribution in [1.82, 2.24) is 10.2 Å². The number of nitrogens with zero attached hydrogens (tertiary/aromatic N) is 1. The Balaban J connectivity index is 1.48. The molecule has 8 heteroatoms. The van der Waals surface area contributed by atoms with E-state index in [0.717, 1.165) is 25.0 Å². The van der Waals surface area contributed by atoms with Crippen LogP contribution in [0.25, 0.3) is 0 Å². The summed E-state index contributed by atoms with van der Waals surface area (Å²) in [5.74, 6) is -0.0397. The van der Waals surface area contributed by atoms with Crippen LogP contribution in [0.3, 0.4) is 0 Å². The highest BCUT2D eigenvalue weighted by Crippen LogP contribution is 2.23. The number of nitrogens with one attached hydrogen (secondary N) is 1. The van der Waals surface area contributed by atoms with Crippen molar-refractivity contribution in [2.75, 3.05) is 32.9 Å². The summed E-state index contributed by atoms with van der Waals surface area (Å²) in [6.07, 6.45) is 9.04. The number of esters is 1. The number of carbonyl (C=O) groups excluding carboxylic acids is 3. The maximum atomic E-state index is 13.5. The van der Waals surface area contributed by atoms with Crippen molar-refractivity contribution in [3.63, 3.8) is 0 Å². The van der Waals surface area contributed by atoms with Crippen molar-refractivity contribution in [2.45, 2.75) is 70.8 Å². The maximum absolute atomic E-state index is 13.5. The van der Waals surface area contributed by atoms with E-state index in [9.17, 15) is 14.4 Å². The molecule has 1 fully saturated rings. The predicted molar refractivity (Wildman–Crippen MR) is 150 cm³/mol. The molecular weight excluding hydrogens is 496 g/mol. The molecule has 2 aromatic carbocycles. The quantitative estimate of drug-likeness (QED) is 0.221. The standard InChI is InChI=1S/C31H42N2O6/c1-2-3-4-5-6-7-8-14-21-39-29(34)24-27-30(35)32-19-20-33(27)31(36)26-17-12-13-18-28(26)38-23-22-37-25-15-10-9-11-16-25/h9-13,15-18,27H,2-8,14,19-24H2,1H3,(H,32,35). The molecule has 2 aromatic rings. The molecule has 0 bridgehead atoms. The first-order chi connectivity index (χ1) is 19.1. The lowest BCUT2D eigenvalue weighted by molar-refractivity contribution is -0.147. The third-order valence-electron chi connectivity index (χ3n) is 6.68. The Morgan fingerprint density at radius 1 is 0.846 bits per heavy atom. The fourth-order valence-corrected chi connectivity index (χ4v) is 4.55. The summed E-state index contributed by atoms with van der Waals surface area (Å²) in [5, 5.41) is 2.76. The molecular formula is C31H42N2O6. The number of rotatable bonds is 17. The van der Waals surface area contributed by atoms with E-state index in [1.54, 1.807) is 24.3 Å². The van der Waals surface area contributed by atoms with E-state index in [4.69, 9.17) is 14.2 Å². The van der Waals surface area contributed by atoms with Gasteiger partial charge in [0.1, 0.15) is 30.8 Å². The van der Waals surface area contributed by atoms with Crippen molar-refractivity contribution in [3.05, 3.63) is 60.2 Å². The molecule has 0 saturated carbocycles. The average molecular weight is 539 g/mol. The lowest BCUT2D eigenvalue weighted by Gasteiger charge is -2.34. The number of hydrogen-bond donors (Lipinski definition) is 1. The van der Waals surface area contributed by atoms with Gasteiger partial charge >= 0.3 is 5.97 Å². The molecule has 1 heterocycles. The van der Waals surface area contributed by atoms with Crippen molar-refractivity contribution in [1.29, 1.82) is 0 Å². The summed E-state index contributed by atoms with van der Waals surface area (Å²) < 4.78 is 16.9. The van der Waals surface area contributed by atoms with E-state index in [0.29, 0.717) is 37.6 Å². The van der Waals surface area contributed by atoms with Gasteiger partial charge in [-0.2, -0.15) is 0 Å². The molecule has 0 aromatic heterocycles. The van der Waals surface area contributed by atoms with Gasteiger partial charge in [-0.3, -0.25) is 14.4 Å². The molecule has 1 aliphatic rings. The number of amides is 2. The average Bonchev–Trinajstić information content (AvgIpc) is 2.96. The van der Waals surface area contributed by atoms with Crippen molar-refractivity contribution in [3.8, 4) is 11.5 Å². The van der Waals surface area contributed by atoms with Crippen molar-refractivity contribution >= 4 is 17.8 Å². The summed E-state index contributed by atoms with van der Waals surface area (Å²) in [4.78, 5) is 40.2. The zero-order valence-electron chi connectivity index (χ0n) is 23.1. The first kappa shape index (κ1) is 30.0. The van der Waals surface area contributed by atoms with Gasteiger partial charge in [-0.25, -0.2) is 0 Å². The minimum atomic E-state index is -0.924. The second kappa shape index (κ2) is 17.1. The predicted octanol–water partition coefficient (Wildman–Crippen LogP) is 5.16. The SMILES string of the molecule is CCCCCCCCCCOC(=O)CC1C(=O)NCCN1C(=O)c1ccccc1OCCOc1ccccc1. The van der Waals surface area contributed by atoms with Crippen LogP contribution in [0, 0.1) is 0 Å². The molecule has 0 radical (unpaired) electrons. The Hall–Kier alpha value is -3.55. The van der Waals surface area contributed by atoms with Crippen LogP contribution in [0.1, 0.15) is 75.1 Å². The molecule has 1 aliphatic heterocycles. The van der Waals surface area contributed by atoms with Crippen molar-refractivity contribution < 1.29 is 28.6 Å². The minimum Gasteiger partial charge on any atom is -0.490 e. The van der Waals surface area contributed by atoms with Crippen LogP contribution in [-0.2, 0) is 14.3 Å². The molecule has 2 amide bonds. The van der Waals surface area contributed by atoms with E-state index in [1.807, 2.05) is 30.3 Å². The molecule has 1 atom stereocenters. The summed E-state index contributed by atoms with van der Waals surface area (Å²) in [6.45, 7) is 3.71. The van der Waals surface area contributed by atoms with Gasteiger partial charge in [0.05, 0.1) is 18.6 Å². The molecule has 39 heavy (non-hydrogen) atoms. The maximum Gasteiger partial charge on any atom is 0.308 e. The molecule has 1 unspecified atom stereocenters. The third kappa shape index (κ3) is 10.3. The number of piperazine rings is 1. The van der Waals surface area contributed by atoms with E-state index < -0.39 is 12.0 Å². The van der Waals surface area contributed by atoms with E-state index in [1.165, 1.54) is 37.0 Å². The molecule has 0 spiro atoms. The Morgan fingerprint density at radius 2 is 1.51 bits per heavy atom. The van der Waals surface area contributed by atoms with Crippen LogP contribution in [-0.4, -0.2) is 61.6 Å². The molecule has 1 N–H and O–H groups in total. The van der Waals surface area contributed by atoms with Gasteiger partial charge < -0.3 is 24.4 Å². The Kier molecular flexibility index (Phi) is 13.2. The van der Waals surface area contributed by atoms with Gasteiger partial charge in [-0.05, 0) is 30.7 Å². The Labute approximate surface area is 232 Å². The highest BCUT2D eigenvalue weighted by Gasteiger charge is 2.36. The fraction of sp³-hybridized carbons (Fsp3) is 0.516. The van der Waals surface area contributed by atoms with Crippen molar-refractivity contribution in [2.24, 2.45) is 0 Å². The van der Waals surface area contributed by atoms with Gasteiger partial charge in [0.2, 0.25) is 5.91 Å². The number of para-hydroxylation sites is 2. The summed E-state index contributed by atoms with van der Waals surface area (Å²) in [5.41, 5.74) is 0.337. The first-order valence-electron chi connectivity index (χ1n) is 14.2. The number of benzene rings is 2. The largest absolute Gasteiger partial charge is 0.490 e. The van der Waals surface area contributed by atoms with E-state index in [2.05, 4.69) is 12.2 Å². The monoisotopic (exact) mass is 538 g/mol. The van der Waals surface area contributed by atoms with Crippen LogP contribution < -0.4 is 14.8 Å². The van der Waals surface area contributed by atoms with E-state index in [-0.39, 0.29) is 24.8 Å². The molecule has 8 nitrogen and oxygen atoms in total. The van der Waals surface area contributed by atoms with Gasteiger partial charge in [0.15, 0.2) is 0 Å². The smallest absolute Gasteiger partial charge is 0.308 e. The fourth-order valence-electron chi connectivity index (χ4n) is 4.55. The van der Waals surface area contributed by atoms with E-state index >= 15 is 0 Å². The lowest BCUT2D eigenvalue weighted by atomic mass is 10.1. The summed E-state index contributed by atoms with van der Waals surface area (Å²) in [6, 6.07) is 15.4. The normalized spacial score (nSPS) is 14.9. The Morgan fingerprint density at radius 3 is 2.28 bits per heavy atom. The third-order valence-corrected chi connectivity index (χ3v) is 6.68. The number of carbonyl (C=O) groups is 3. The minimum absolute atomic E-state index is 0.178. The number of unbranched alkanes of at least 4 members (excludes halogenated alkanes) is 7. The van der Waals surface area contributed by atoms with Gasteiger partial charge in [-0.1, -0.05) is 82.2 Å². The van der Waals surface area contributed by atoms with Gasteiger partial charge in [0.25, 0.3) is 5.91 Å². The van der Waals surface area contributed by atoms with Crippen LogP contribution in [0.2, 0.25) is 0 Å². The number of ether oxygens (including phenoxy) is 3. The highest BCUT2D eigenvalue weighted by atomic mass is 16.5. The summed E-state index contributed by atoms with van der Waals surface area (Å²) >= 11 is 0. The van der Waals surface area contributed by atoms with Gasteiger partial charge in [0, 0.05) is 13.1 Å². The lowest BCUT2D eigenvalue weighted by Crippen LogP contribution is -2.57. The highest BCUT2D eigenvalue weighted by molar-refractivity contribution is 6.01. The van der Waals surface area contributed by atoms with Crippen LogP contribution in [0.5, 0.6) is 11.5 Å². The second-order valence-corrected chi connectivity index (χ2v) is 9.71. The topological polar surface area (TPSA) is 94.2 Å². The van der Waals surface area contributed by atoms with Crippen LogP contribution in [0.15, 0.2) is 54.6 Å². The zero-order valence-corrected chi connectivity index (χ0v) is 23.1. The Bertz CT molecular complexity index is 1030. The van der Waals surface area contributed by atoms with Crippen LogP contribution in [0.4, 0.5) is 0 Å². The molecule has 3 rings (SSSR count).